The van der Waals surface area contributed by atoms with Crippen LogP contribution >= 0.6 is 34.4 Å². The molecule has 1 unspecified atom stereocenters. The summed E-state index contributed by atoms with van der Waals surface area (Å²) in [5, 5.41) is 7.65. The van der Waals surface area contributed by atoms with Crippen LogP contribution in [0.5, 0.6) is 0 Å². The van der Waals surface area contributed by atoms with Crippen molar-refractivity contribution >= 4 is 62.2 Å². The summed E-state index contributed by atoms with van der Waals surface area (Å²) in [6.45, 7) is 2.00. The molecular weight excluding hydrogens is 393 g/mol. The van der Waals surface area contributed by atoms with Crippen LogP contribution in [0.4, 0.5) is 5.82 Å². The second-order valence-electron chi connectivity index (χ2n) is 4.37. The Morgan fingerprint density at radius 1 is 1.55 bits per heavy atom. The van der Waals surface area contributed by atoms with E-state index in [0.717, 1.165) is 9.09 Å². The predicted octanol–water partition coefficient (Wildman–Crippen LogP) is 1.34. The van der Waals surface area contributed by atoms with E-state index in [1.807, 2.05) is 0 Å². The minimum Gasteiger partial charge on any atom is -0.295 e. The Bertz CT molecular complexity index is 703. The fraction of sp³-hybridized carbons (Fsp3) is 0.364. The number of fused-ring (bicyclic) bond motifs is 1. The molecule has 3 rings (SSSR count). The summed E-state index contributed by atoms with van der Waals surface area (Å²) in [6.07, 6.45) is 1.75. The average Bonchev–Trinajstić information content (AvgIpc) is 2.93. The Hall–Kier alpha value is -1.23. The molecule has 104 valence electrons. The number of amides is 1. The number of H-pyrrole nitrogens is 1. The molecule has 0 radical (unpaired) electrons. The molecule has 1 aliphatic heterocycles. The lowest BCUT2D eigenvalue weighted by molar-refractivity contribution is -0.117. The van der Waals surface area contributed by atoms with Gasteiger partial charge < -0.3 is 0 Å². The number of thioether (sulfide) groups is 1. The minimum atomic E-state index is -0.0271. The summed E-state index contributed by atoms with van der Waals surface area (Å²) < 4.78 is 0.795. The highest BCUT2D eigenvalue weighted by molar-refractivity contribution is 14.1. The van der Waals surface area contributed by atoms with E-state index in [2.05, 4.69) is 42.8 Å². The number of nitrogens with zero attached hydrogens (tertiary/aromatic N) is 4. The van der Waals surface area contributed by atoms with Crippen molar-refractivity contribution in [1.82, 2.24) is 20.2 Å². The molecule has 2 aromatic rings. The predicted molar refractivity (Wildman–Crippen MR) is 83.4 cm³/mol. The van der Waals surface area contributed by atoms with E-state index in [9.17, 15) is 9.59 Å². The summed E-state index contributed by atoms with van der Waals surface area (Å²) in [5.41, 5.74) is 0.537. The number of carbonyl (C=O) groups is 2. The molecule has 7 nitrogen and oxygen atoms in total. The molecule has 0 saturated carbocycles. The van der Waals surface area contributed by atoms with Crippen LogP contribution in [-0.4, -0.2) is 43.0 Å². The number of nitrogens with one attached hydrogen (secondary N) is 1. The smallest absolute Gasteiger partial charge is 0.229 e. The minimum absolute atomic E-state index is 0.0189. The molecule has 1 aliphatic rings. The van der Waals surface area contributed by atoms with Gasteiger partial charge in [0.25, 0.3) is 0 Å². The molecule has 1 N–H and O–H groups in total. The van der Waals surface area contributed by atoms with Gasteiger partial charge in [-0.1, -0.05) is 11.8 Å². The Kier molecular flexibility index (Phi) is 3.63. The van der Waals surface area contributed by atoms with Crippen molar-refractivity contribution < 1.29 is 9.59 Å². The third kappa shape index (κ3) is 2.39. The second kappa shape index (κ2) is 5.28. The van der Waals surface area contributed by atoms with Gasteiger partial charge in [0.15, 0.2) is 16.6 Å². The van der Waals surface area contributed by atoms with Crippen molar-refractivity contribution in [2.24, 2.45) is 0 Å². The van der Waals surface area contributed by atoms with E-state index >= 15 is 0 Å². The number of hydrogen-bond acceptors (Lipinski definition) is 6. The normalized spacial score (nSPS) is 19.0. The quantitative estimate of drug-likeness (QED) is 0.762. The van der Waals surface area contributed by atoms with Gasteiger partial charge in [-0.25, -0.2) is 9.97 Å². The van der Waals surface area contributed by atoms with Crippen LogP contribution in [0.15, 0.2) is 6.33 Å². The number of aromatic amines is 1. The van der Waals surface area contributed by atoms with E-state index in [0.29, 0.717) is 24.4 Å². The van der Waals surface area contributed by atoms with Gasteiger partial charge in [-0.3, -0.25) is 19.6 Å². The number of aromatic nitrogens is 4. The molecular formula is C11H10IN5O2S. The first-order valence-electron chi connectivity index (χ1n) is 5.88. The fourth-order valence-corrected chi connectivity index (χ4v) is 3.73. The fourth-order valence-electron chi connectivity index (χ4n) is 2.20. The molecule has 9 heteroatoms. The Labute approximate surface area is 132 Å². The number of rotatable bonds is 2. The molecule has 0 bridgehead atoms. The molecule has 2 aromatic heterocycles. The molecule has 0 aliphatic carbocycles. The van der Waals surface area contributed by atoms with Crippen LogP contribution in [-0.2, 0) is 9.59 Å². The van der Waals surface area contributed by atoms with Gasteiger partial charge in [0.05, 0.1) is 5.39 Å². The summed E-state index contributed by atoms with van der Waals surface area (Å²) in [6, 6.07) is 0. The number of halogens is 1. The third-order valence-corrected chi connectivity index (χ3v) is 4.73. The lowest BCUT2D eigenvalue weighted by Crippen LogP contribution is -2.26. The number of hydrogen-bond donors (Lipinski definition) is 1. The maximum Gasteiger partial charge on any atom is 0.229 e. The van der Waals surface area contributed by atoms with Crippen LogP contribution in [0.2, 0.25) is 0 Å². The van der Waals surface area contributed by atoms with Crippen LogP contribution < -0.4 is 4.90 Å². The maximum absolute atomic E-state index is 12.2. The molecule has 20 heavy (non-hydrogen) atoms. The highest BCUT2D eigenvalue weighted by atomic mass is 127. The topological polar surface area (TPSA) is 91.8 Å². The van der Waals surface area contributed by atoms with E-state index in [1.54, 1.807) is 4.90 Å². The van der Waals surface area contributed by atoms with Gasteiger partial charge >= 0.3 is 0 Å². The van der Waals surface area contributed by atoms with E-state index in [1.165, 1.54) is 25.0 Å². The average molecular weight is 403 g/mol. The highest BCUT2D eigenvalue weighted by Gasteiger charge is 2.34. The first-order valence-corrected chi connectivity index (χ1v) is 7.84. The molecule has 1 fully saturated rings. The monoisotopic (exact) mass is 403 g/mol. The summed E-state index contributed by atoms with van der Waals surface area (Å²) in [5.74, 6) is 0.533. The summed E-state index contributed by atoms with van der Waals surface area (Å²) in [4.78, 5) is 33.2. The first-order chi connectivity index (χ1) is 9.56. The van der Waals surface area contributed by atoms with Crippen molar-refractivity contribution in [2.75, 3.05) is 11.4 Å². The van der Waals surface area contributed by atoms with Crippen molar-refractivity contribution in [3.05, 3.63) is 10.0 Å². The van der Waals surface area contributed by atoms with Gasteiger partial charge in [0, 0.05) is 25.1 Å². The van der Waals surface area contributed by atoms with Crippen molar-refractivity contribution in [1.29, 1.82) is 0 Å². The maximum atomic E-state index is 12.2. The van der Waals surface area contributed by atoms with Gasteiger partial charge in [-0.15, -0.1) is 0 Å². The molecule has 1 saturated heterocycles. The zero-order valence-corrected chi connectivity index (χ0v) is 13.4. The first kappa shape index (κ1) is 13.7. The van der Waals surface area contributed by atoms with E-state index < -0.39 is 0 Å². The van der Waals surface area contributed by atoms with Crippen molar-refractivity contribution in [3.63, 3.8) is 0 Å². The van der Waals surface area contributed by atoms with Crippen LogP contribution in [0.25, 0.3) is 11.0 Å². The summed E-state index contributed by atoms with van der Waals surface area (Å²) in [7, 11) is 0. The van der Waals surface area contributed by atoms with Gasteiger partial charge in [0.2, 0.25) is 5.91 Å². The molecule has 0 aromatic carbocycles. The largest absolute Gasteiger partial charge is 0.295 e. The van der Waals surface area contributed by atoms with Crippen LogP contribution in [0.3, 0.4) is 0 Å². The SMILES string of the molecule is CC(=O)SC1CC(=O)N(c2ncnc3n[nH]c(I)c23)C1. The lowest BCUT2D eigenvalue weighted by atomic mass is 10.3. The van der Waals surface area contributed by atoms with Gasteiger partial charge in [-0.2, -0.15) is 5.10 Å². The van der Waals surface area contributed by atoms with Crippen molar-refractivity contribution in [3.8, 4) is 0 Å². The van der Waals surface area contributed by atoms with Crippen molar-refractivity contribution in [2.45, 2.75) is 18.6 Å². The molecule has 1 atom stereocenters. The molecule has 3 heterocycles. The Morgan fingerprint density at radius 3 is 3.10 bits per heavy atom. The number of carbonyl (C=O) groups excluding carboxylic acids is 2. The zero-order valence-electron chi connectivity index (χ0n) is 10.5. The molecule has 0 spiro atoms. The summed E-state index contributed by atoms with van der Waals surface area (Å²) >= 11 is 3.31. The van der Waals surface area contributed by atoms with Crippen LogP contribution in [0.1, 0.15) is 13.3 Å². The van der Waals surface area contributed by atoms with Gasteiger partial charge in [-0.05, 0) is 22.6 Å². The zero-order chi connectivity index (χ0) is 14.3. The van der Waals surface area contributed by atoms with E-state index in [4.69, 9.17) is 0 Å². The van der Waals surface area contributed by atoms with Crippen LogP contribution in [0, 0.1) is 3.70 Å². The standard InChI is InChI=1S/C11H10IN5O2S/c1-5(18)20-6-2-7(19)17(3-6)11-8-9(12)15-16-10(8)13-4-14-11/h4,6H,2-3H2,1H3,(H,13,14,15,16). The third-order valence-electron chi connectivity index (χ3n) is 2.96. The lowest BCUT2D eigenvalue weighted by Gasteiger charge is -2.15. The van der Waals surface area contributed by atoms with E-state index in [-0.39, 0.29) is 16.3 Å². The van der Waals surface area contributed by atoms with Gasteiger partial charge in [0.1, 0.15) is 10.0 Å². The number of anilines is 1. The molecule has 1 amide bonds. The Balaban J connectivity index is 1.97. The highest BCUT2D eigenvalue weighted by Crippen LogP contribution is 2.32. The Morgan fingerprint density at radius 2 is 2.35 bits per heavy atom. The second-order valence-corrected chi connectivity index (χ2v) is 6.93.